The Morgan fingerprint density at radius 2 is 1.96 bits per heavy atom. The molecule has 2 rings (SSSR count). The monoisotopic (exact) mass is 397 g/mol. The Bertz CT molecular complexity index is 680. The molecular formula is C19H28ClN3O4. The lowest BCUT2D eigenvalue weighted by atomic mass is 9.66. The van der Waals surface area contributed by atoms with Crippen LogP contribution in [0.2, 0.25) is 5.02 Å². The van der Waals surface area contributed by atoms with Gasteiger partial charge in [-0.1, -0.05) is 37.6 Å². The summed E-state index contributed by atoms with van der Waals surface area (Å²) in [7, 11) is 0. The number of carbonyl (C=O) groups is 2. The van der Waals surface area contributed by atoms with Crippen molar-refractivity contribution in [1.29, 1.82) is 0 Å². The van der Waals surface area contributed by atoms with Crippen molar-refractivity contribution in [1.82, 2.24) is 10.2 Å². The molecule has 1 fully saturated rings. The van der Waals surface area contributed by atoms with Gasteiger partial charge in [-0.2, -0.15) is 0 Å². The highest BCUT2D eigenvalue weighted by Crippen LogP contribution is 2.46. The van der Waals surface area contributed by atoms with Gasteiger partial charge in [0.2, 0.25) is 5.91 Å². The molecule has 8 heteroatoms. The minimum Gasteiger partial charge on any atom is -0.465 e. The van der Waals surface area contributed by atoms with Crippen LogP contribution < -0.4 is 11.1 Å². The second-order valence-corrected chi connectivity index (χ2v) is 8.18. The molecule has 1 heterocycles. The maximum absolute atomic E-state index is 12.7. The highest BCUT2D eigenvalue weighted by atomic mass is 35.5. The lowest BCUT2D eigenvalue weighted by Crippen LogP contribution is -2.59. The van der Waals surface area contributed by atoms with Crippen molar-refractivity contribution in [2.45, 2.75) is 44.8 Å². The Hall–Kier alpha value is -1.83. The summed E-state index contributed by atoms with van der Waals surface area (Å²) in [5.74, 6) is -0.170. The number of carbonyl (C=O) groups excluding carboxylic acids is 1. The van der Waals surface area contributed by atoms with Gasteiger partial charge < -0.3 is 26.2 Å². The molecule has 0 radical (unpaired) electrons. The number of nitrogens with zero attached hydrogens (tertiary/aromatic N) is 1. The lowest BCUT2D eigenvalue weighted by molar-refractivity contribution is -0.154. The number of nitrogens with one attached hydrogen (secondary N) is 1. The van der Waals surface area contributed by atoms with E-state index in [2.05, 4.69) is 5.32 Å². The van der Waals surface area contributed by atoms with E-state index in [-0.39, 0.29) is 12.5 Å². The Morgan fingerprint density at radius 1 is 1.33 bits per heavy atom. The van der Waals surface area contributed by atoms with E-state index in [1.54, 1.807) is 17.0 Å². The third-order valence-electron chi connectivity index (χ3n) is 5.37. The van der Waals surface area contributed by atoms with Gasteiger partial charge in [-0.25, -0.2) is 4.79 Å². The minimum atomic E-state index is -1.09. The second-order valence-electron chi connectivity index (χ2n) is 7.74. The van der Waals surface area contributed by atoms with E-state index in [0.29, 0.717) is 37.4 Å². The number of benzene rings is 1. The quantitative estimate of drug-likeness (QED) is 0.549. The lowest BCUT2D eigenvalue weighted by Gasteiger charge is -2.51. The van der Waals surface area contributed by atoms with Crippen molar-refractivity contribution in [3.63, 3.8) is 0 Å². The first-order valence-corrected chi connectivity index (χ1v) is 9.44. The third kappa shape index (κ3) is 4.91. The van der Waals surface area contributed by atoms with Crippen LogP contribution in [0.5, 0.6) is 0 Å². The predicted octanol–water partition coefficient (Wildman–Crippen LogP) is 2.16. The Labute approximate surface area is 164 Å². The average molecular weight is 398 g/mol. The summed E-state index contributed by atoms with van der Waals surface area (Å²) in [6, 6.07) is 6.47. The number of rotatable bonds is 6. The van der Waals surface area contributed by atoms with Crippen molar-refractivity contribution in [3.8, 4) is 0 Å². The molecule has 1 saturated heterocycles. The highest BCUT2D eigenvalue weighted by molar-refractivity contribution is 6.30. The van der Waals surface area contributed by atoms with Crippen LogP contribution in [0, 0.1) is 5.41 Å². The van der Waals surface area contributed by atoms with Gasteiger partial charge in [0.15, 0.2) is 0 Å². The third-order valence-corrected chi connectivity index (χ3v) is 5.62. The van der Waals surface area contributed by atoms with Crippen LogP contribution in [0.1, 0.15) is 38.7 Å². The zero-order valence-corrected chi connectivity index (χ0v) is 16.5. The molecule has 27 heavy (non-hydrogen) atoms. The Kier molecular flexibility index (Phi) is 6.72. The van der Waals surface area contributed by atoms with Crippen molar-refractivity contribution < 1.29 is 19.8 Å². The molecule has 0 unspecified atom stereocenters. The number of carboxylic acid groups (broad SMARTS) is 1. The number of aliphatic hydroxyl groups is 1. The zero-order chi connectivity index (χ0) is 20.2. The topological polar surface area (TPSA) is 116 Å². The van der Waals surface area contributed by atoms with Gasteiger partial charge in [0.25, 0.3) is 0 Å². The molecule has 0 bridgehead atoms. The fourth-order valence-corrected chi connectivity index (χ4v) is 3.77. The molecule has 0 saturated carbocycles. The van der Waals surface area contributed by atoms with E-state index in [9.17, 15) is 14.7 Å². The van der Waals surface area contributed by atoms with Gasteiger partial charge in [-0.15, -0.1) is 0 Å². The van der Waals surface area contributed by atoms with Crippen LogP contribution in [0.4, 0.5) is 4.79 Å². The fraction of sp³-hybridized carbons (Fsp3) is 0.579. The van der Waals surface area contributed by atoms with Crippen molar-refractivity contribution >= 4 is 23.6 Å². The maximum Gasteiger partial charge on any atom is 0.404 e. The fourth-order valence-electron chi connectivity index (χ4n) is 3.65. The second kappa shape index (κ2) is 8.46. The van der Waals surface area contributed by atoms with Gasteiger partial charge in [0.1, 0.15) is 0 Å². The molecule has 0 aliphatic carbocycles. The smallest absolute Gasteiger partial charge is 0.404 e. The Morgan fingerprint density at radius 3 is 2.52 bits per heavy atom. The molecule has 7 nitrogen and oxygen atoms in total. The molecule has 1 aliphatic rings. The van der Waals surface area contributed by atoms with Crippen LogP contribution in [-0.4, -0.2) is 52.8 Å². The van der Waals surface area contributed by atoms with Crippen LogP contribution in [-0.2, 0) is 10.4 Å². The van der Waals surface area contributed by atoms with Crippen LogP contribution in [0.25, 0.3) is 0 Å². The standard InChI is InChI=1S/C19H28ClN3O4/c1-18(2)12-23(16(24)15(21)4-3-10-22-17(25)26)11-9-19(18,27)13-5-7-14(20)8-6-13/h5-8,15,22,27H,3-4,9-12,21H2,1-2H3,(H,25,26)/t15-,19+/m1/s1. The summed E-state index contributed by atoms with van der Waals surface area (Å²) in [6.07, 6.45) is 0.206. The number of piperidine rings is 1. The molecule has 150 valence electrons. The predicted molar refractivity (Wildman–Crippen MR) is 104 cm³/mol. The summed E-state index contributed by atoms with van der Waals surface area (Å²) < 4.78 is 0. The van der Waals surface area contributed by atoms with Gasteiger partial charge in [0, 0.05) is 30.1 Å². The summed E-state index contributed by atoms with van der Waals surface area (Å²) in [5, 5.41) is 22.8. The first kappa shape index (κ1) is 21.5. The summed E-state index contributed by atoms with van der Waals surface area (Å²) in [6.45, 7) is 4.92. The molecule has 1 aliphatic heterocycles. The maximum atomic E-state index is 12.7. The molecule has 0 spiro atoms. The minimum absolute atomic E-state index is 0.170. The summed E-state index contributed by atoms with van der Waals surface area (Å²) in [5.41, 5.74) is 5.15. The van der Waals surface area contributed by atoms with E-state index in [4.69, 9.17) is 22.4 Å². The van der Waals surface area contributed by atoms with Crippen molar-refractivity contribution in [2.24, 2.45) is 11.1 Å². The SMILES string of the molecule is CC1(C)CN(C(=O)[C@H](N)CCCNC(=O)O)CC[C@]1(O)c1ccc(Cl)cc1. The number of hydrogen-bond acceptors (Lipinski definition) is 4. The highest BCUT2D eigenvalue weighted by Gasteiger charge is 2.49. The van der Waals surface area contributed by atoms with Gasteiger partial charge in [0.05, 0.1) is 11.6 Å². The number of halogens is 1. The number of hydrogen-bond donors (Lipinski definition) is 4. The molecule has 1 aromatic rings. The molecule has 2 amide bonds. The van der Waals surface area contributed by atoms with Gasteiger partial charge in [-0.05, 0) is 37.0 Å². The van der Waals surface area contributed by atoms with Crippen LogP contribution in [0.15, 0.2) is 24.3 Å². The van der Waals surface area contributed by atoms with E-state index >= 15 is 0 Å². The van der Waals surface area contributed by atoms with Gasteiger partial charge >= 0.3 is 6.09 Å². The largest absolute Gasteiger partial charge is 0.465 e. The molecule has 2 atom stereocenters. The zero-order valence-electron chi connectivity index (χ0n) is 15.7. The van der Waals surface area contributed by atoms with Crippen LogP contribution in [0.3, 0.4) is 0 Å². The number of amides is 2. The number of nitrogens with two attached hydrogens (primary N) is 1. The molecular weight excluding hydrogens is 370 g/mol. The summed E-state index contributed by atoms with van der Waals surface area (Å²) in [4.78, 5) is 24.8. The first-order valence-electron chi connectivity index (χ1n) is 9.06. The normalized spacial score (nSPS) is 22.9. The van der Waals surface area contributed by atoms with Crippen LogP contribution >= 0.6 is 11.6 Å². The first-order chi connectivity index (χ1) is 12.6. The van der Waals surface area contributed by atoms with E-state index in [1.165, 1.54) is 0 Å². The van der Waals surface area contributed by atoms with E-state index in [0.717, 1.165) is 5.56 Å². The van der Waals surface area contributed by atoms with Gasteiger partial charge in [-0.3, -0.25) is 4.79 Å². The van der Waals surface area contributed by atoms with E-state index in [1.807, 2.05) is 26.0 Å². The molecule has 5 N–H and O–H groups in total. The molecule has 1 aromatic carbocycles. The summed E-state index contributed by atoms with van der Waals surface area (Å²) >= 11 is 5.95. The van der Waals surface area contributed by atoms with Crippen molar-refractivity contribution in [2.75, 3.05) is 19.6 Å². The number of likely N-dealkylation sites (tertiary alicyclic amines) is 1. The van der Waals surface area contributed by atoms with Crippen molar-refractivity contribution in [3.05, 3.63) is 34.9 Å². The van der Waals surface area contributed by atoms with E-state index < -0.39 is 23.2 Å². The average Bonchev–Trinajstić information content (AvgIpc) is 2.60. The molecule has 0 aromatic heterocycles. The Balaban J connectivity index is 2.00.